The molecule has 5 rings (SSSR count). The largest absolute Gasteiger partial charge is 0.452 e. The lowest BCUT2D eigenvalue weighted by molar-refractivity contribution is -0.119. The maximum absolute atomic E-state index is 12.8. The molecule has 3 aromatic carbocycles. The highest BCUT2D eigenvalue weighted by atomic mass is 32.1. The van der Waals surface area contributed by atoms with Crippen LogP contribution in [0.4, 0.5) is 5.69 Å². The Morgan fingerprint density at radius 3 is 2.53 bits per heavy atom. The second-order valence-electron chi connectivity index (χ2n) is 7.50. The maximum Gasteiger partial charge on any atom is 0.338 e. The lowest BCUT2D eigenvalue weighted by Crippen LogP contribution is -2.29. The minimum atomic E-state index is -0.784. The molecular formula is C24H16N4O5S. The average molecular weight is 472 g/mol. The number of hydrogen-bond donors (Lipinski definition) is 1. The highest BCUT2D eigenvalue weighted by molar-refractivity contribution is 7.00. The van der Waals surface area contributed by atoms with Crippen molar-refractivity contribution in [2.75, 3.05) is 11.9 Å². The quantitative estimate of drug-likeness (QED) is 0.338. The number of nitrogens with zero attached hydrogens (tertiary/aromatic N) is 3. The van der Waals surface area contributed by atoms with Gasteiger partial charge in [-0.3, -0.25) is 19.3 Å². The van der Waals surface area contributed by atoms with Crippen molar-refractivity contribution in [2.24, 2.45) is 0 Å². The summed E-state index contributed by atoms with van der Waals surface area (Å²) < 4.78 is 13.4. The van der Waals surface area contributed by atoms with Crippen LogP contribution in [0.1, 0.15) is 36.6 Å². The van der Waals surface area contributed by atoms with Crippen LogP contribution >= 0.6 is 11.7 Å². The minimum Gasteiger partial charge on any atom is -0.452 e. The highest BCUT2D eigenvalue weighted by Gasteiger charge is 2.36. The number of imide groups is 1. The summed E-state index contributed by atoms with van der Waals surface area (Å²) >= 11 is 1.03. The summed E-state index contributed by atoms with van der Waals surface area (Å²) in [5.74, 6) is -2.24. The third kappa shape index (κ3) is 4.02. The van der Waals surface area contributed by atoms with E-state index >= 15 is 0 Å². The molecule has 0 saturated heterocycles. The molecule has 168 valence electrons. The summed E-state index contributed by atoms with van der Waals surface area (Å²) in [5, 5.41) is 2.64. The number of aromatic nitrogens is 2. The summed E-state index contributed by atoms with van der Waals surface area (Å²) in [6.07, 6.45) is 0. The Bertz CT molecular complexity index is 1450. The van der Waals surface area contributed by atoms with E-state index in [2.05, 4.69) is 14.1 Å². The molecule has 2 heterocycles. The Balaban J connectivity index is 1.24. The van der Waals surface area contributed by atoms with Crippen molar-refractivity contribution >= 4 is 52.1 Å². The lowest BCUT2D eigenvalue weighted by Gasteiger charge is -2.13. The number of hydrogen-bond acceptors (Lipinski definition) is 8. The van der Waals surface area contributed by atoms with Gasteiger partial charge in [-0.2, -0.15) is 8.75 Å². The SMILES string of the molecule is O=C(COC(=O)c1ccc2c(c1)C(=O)N(Cc1ccccc1)C2=O)Nc1cccc2nsnc12. The van der Waals surface area contributed by atoms with Gasteiger partial charge in [-0.05, 0) is 35.9 Å². The van der Waals surface area contributed by atoms with Gasteiger partial charge in [0.25, 0.3) is 17.7 Å². The van der Waals surface area contributed by atoms with Gasteiger partial charge in [-0.15, -0.1) is 0 Å². The zero-order valence-electron chi connectivity index (χ0n) is 17.6. The number of rotatable bonds is 6. The van der Waals surface area contributed by atoms with E-state index < -0.39 is 30.3 Å². The second-order valence-corrected chi connectivity index (χ2v) is 8.03. The van der Waals surface area contributed by atoms with Crippen molar-refractivity contribution in [3.63, 3.8) is 0 Å². The van der Waals surface area contributed by atoms with Gasteiger partial charge in [0.15, 0.2) is 6.61 Å². The molecule has 3 amide bonds. The van der Waals surface area contributed by atoms with Crippen molar-refractivity contribution < 1.29 is 23.9 Å². The highest BCUT2D eigenvalue weighted by Crippen LogP contribution is 2.26. The van der Waals surface area contributed by atoms with E-state index in [0.717, 1.165) is 22.2 Å². The molecule has 0 radical (unpaired) electrons. The number of carbonyl (C=O) groups is 4. The van der Waals surface area contributed by atoms with Gasteiger partial charge in [-0.25, -0.2) is 4.79 Å². The van der Waals surface area contributed by atoms with Crippen LogP contribution in [0.2, 0.25) is 0 Å². The number of anilines is 1. The molecule has 0 bridgehead atoms. The van der Waals surface area contributed by atoms with E-state index in [1.54, 1.807) is 18.2 Å². The van der Waals surface area contributed by atoms with Gasteiger partial charge >= 0.3 is 5.97 Å². The molecular weight excluding hydrogens is 456 g/mol. The Hall–Kier alpha value is -4.44. The molecule has 0 spiro atoms. The second kappa shape index (κ2) is 8.83. The molecule has 0 atom stereocenters. The van der Waals surface area contributed by atoms with Crippen LogP contribution in [0.15, 0.2) is 66.7 Å². The molecule has 0 fully saturated rings. The first-order valence-electron chi connectivity index (χ1n) is 10.2. The third-order valence-corrected chi connectivity index (χ3v) is 5.83. The van der Waals surface area contributed by atoms with E-state index in [0.29, 0.717) is 16.7 Å². The monoisotopic (exact) mass is 472 g/mol. The van der Waals surface area contributed by atoms with Crippen molar-refractivity contribution in [3.8, 4) is 0 Å². The first-order valence-corrected chi connectivity index (χ1v) is 11.0. The molecule has 1 aliphatic rings. The van der Waals surface area contributed by atoms with Crippen LogP contribution in [0.3, 0.4) is 0 Å². The number of fused-ring (bicyclic) bond motifs is 2. The molecule has 1 aliphatic heterocycles. The third-order valence-electron chi connectivity index (χ3n) is 5.28. The normalized spacial score (nSPS) is 12.6. The van der Waals surface area contributed by atoms with Crippen LogP contribution in [-0.2, 0) is 16.1 Å². The predicted molar refractivity (Wildman–Crippen MR) is 123 cm³/mol. The minimum absolute atomic E-state index is 0.0695. The molecule has 0 unspecified atom stereocenters. The maximum atomic E-state index is 12.8. The molecule has 0 saturated carbocycles. The molecule has 34 heavy (non-hydrogen) atoms. The Labute approximate surface area is 197 Å². The predicted octanol–water partition coefficient (Wildman–Crippen LogP) is 3.28. The van der Waals surface area contributed by atoms with Gasteiger partial charge in [0.1, 0.15) is 11.0 Å². The Morgan fingerprint density at radius 2 is 1.71 bits per heavy atom. The number of esters is 1. The summed E-state index contributed by atoms with van der Waals surface area (Å²) in [5.41, 5.74) is 2.90. The van der Waals surface area contributed by atoms with E-state index in [1.807, 2.05) is 30.3 Å². The van der Waals surface area contributed by atoms with Crippen molar-refractivity contribution in [1.29, 1.82) is 0 Å². The standard InChI is InChI=1S/C24H16N4O5S/c29-20(25-18-7-4-8-19-21(18)27-34-26-19)13-33-24(32)15-9-10-16-17(11-15)23(31)28(22(16)30)12-14-5-2-1-3-6-14/h1-11H,12-13H2,(H,25,29). The van der Waals surface area contributed by atoms with E-state index in [9.17, 15) is 19.2 Å². The first kappa shape index (κ1) is 21.4. The fraction of sp³-hybridized carbons (Fsp3) is 0.0833. The van der Waals surface area contributed by atoms with E-state index in [4.69, 9.17) is 4.74 Å². The van der Waals surface area contributed by atoms with Crippen molar-refractivity contribution in [2.45, 2.75) is 6.54 Å². The fourth-order valence-electron chi connectivity index (χ4n) is 3.64. The molecule has 9 nitrogen and oxygen atoms in total. The summed E-state index contributed by atoms with van der Waals surface area (Å²) in [6, 6.07) is 18.5. The summed E-state index contributed by atoms with van der Waals surface area (Å²) in [4.78, 5) is 51.4. The van der Waals surface area contributed by atoms with Crippen LogP contribution < -0.4 is 5.32 Å². The van der Waals surface area contributed by atoms with Gasteiger partial charge in [0, 0.05) is 0 Å². The topological polar surface area (TPSA) is 119 Å². The molecule has 1 aromatic heterocycles. The van der Waals surface area contributed by atoms with Gasteiger partial charge in [0.05, 0.1) is 40.7 Å². The van der Waals surface area contributed by atoms with Crippen LogP contribution in [0.25, 0.3) is 11.0 Å². The Morgan fingerprint density at radius 1 is 0.912 bits per heavy atom. The van der Waals surface area contributed by atoms with Crippen LogP contribution in [0.5, 0.6) is 0 Å². The van der Waals surface area contributed by atoms with E-state index in [1.165, 1.54) is 18.2 Å². The number of ether oxygens (including phenoxy) is 1. The number of benzene rings is 3. The smallest absolute Gasteiger partial charge is 0.338 e. The summed E-state index contributed by atoms with van der Waals surface area (Å²) in [7, 11) is 0. The van der Waals surface area contributed by atoms with E-state index in [-0.39, 0.29) is 23.2 Å². The average Bonchev–Trinajstić information content (AvgIpc) is 3.43. The number of amides is 3. The zero-order chi connectivity index (χ0) is 23.7. The lowest BCUT2D eigenvalue weighted by atomic mass is 10.1. The number of carbonyl (C=O) groups excluding carboxylic acids is 4. The van der Waals surface area contributed by atoms with Gasteiger partial charge in [0.2, 0.25) is 0 Å². The summed E-state index contributed by atoms with van der Waals surface area (Å²) in [6.45, 7) is -0.398. The van der Waals surface area contributed by atoms with Crippen LogP contribution in [0, 0.1) is 0 Å². The first-order chi connectivity index (χ1) is 16.5. The molecule has 0 aliphatic carbocycles. The van der Waals surface area contributed by atoms with Crippen LogP contribution in [-0.4, -0.2) is 43.9 Å². The van der Waals surface area contributed by atoms with Gasteiger partial charge < -0.3 is 10.1 Å². The Kier molecular flexibility index (Phi) is 5.56. The van der Waals surface area contributed by atoms with Gasteiger partial charge in [-0.1, -0.05) is 36.4 Å². The van der Waals surface area contributed by atoms with Crippen molar-refractivity contribution in [3.05, 3.63) is 89.0 Å². The molecule has 1 N–H and O–H groups in total. The zero-order valence-corrected chi connectivity index (χ0v) is 18.4. The fourth-order valence-corrected chi connectivity index (χ4v) is 4.18. The molecule has 4 aromatic rings. The molecule has 10 heteroatoms. The van der Waals surface area contributed by atoms with Crippen molar-refractivity contribution in [1.82, 2.24) is 13.6 Å². The number of nitrogens with one attached hydrogen (secondary N) is 1.